The third kappa shape index (κ3) is 5.16. The van der Waals surface area contributed by atoms with Crippen molar-refractivity contribution in [3.05, 3.63) is 29.3 Å². The Kier molecular flexibility index (Phi) is 6.90. The SMILES string of the molecule is CCC(CC)NS(=O)(=O)c1ccc(C#CCCO)c(C)c1. The smallest absolute Gasteiger partial charge is 0.240 e. The molecule has 0 aromatic heterocycles. The summed E-state index contributed by atoms with van der Waals surface area (Å²) in [5, 5.41) is 8.70. The van der Waals surface area contributed by atoms with Gasteiger partial charge in [0.25, 0.3) is 0 Å². The normalized spacial score (nSPS) is 11.3. The fraction of sp³-hybridized carbons (Fsp3) is 0.500. The van der Waals surface area contributed by atoms with Gasteiger partial charge in [-0.25, -0.2) is 13.1 Å². The summed E-state index contributed by atoms with van der Waals surface area (Å²) in [4.78, 5) is 0.264. The number of hydrogen-bond acceptors (Lipinski definition) is 3. The maximum Gasteiger partial charge on any atom is 0.240 e. The fourth-order valence-electron chi connectivity index (χ4n) is 1.90. The van der Waals surface area contributed by atoms with Gasteiger partial charge < -0.3 is 5.11 Å². The highest BCUT2D eigenvalue weighted by molar-refractivity contribution is 7.89. The van der Waals surface area contributed by atoms with E-state index in [4.69, 9.17) is 5.11 Å². The minimum Gasteiger partial charge on any atom is -0.395 e. The molecule has 0 saturated carbocycles. The van der Waals surface area contributed by atoms with Crippen molar-refractivity contribution in [1.82, 2.24) is 4.72 Å². The van der Waals surface area contributed by atoms with Crippen LogP contribution in [0, 0.1) is 18.8 Å². The maximum atomic E-state index is 12.3. The molecule has 0 aliphatic carbocycles. The van der Waals surface area contributed by atoms with Crippen molar-refractivity contribution in [3.8, 4) is 11.8 Å². The van der Waals surface area contributed by atoms with Crippen LogP contribution in [0.5, 0.6) is 0 Å². The summed E-state index contributed by atoms with van der Waals surface area (Å²) in [5.74, 6) is 5.77. The highest BCUT2D eigenvalue weighted by atomic mass is 32.2. The van der Waals surface area contributed by atoms with Gasteiger partial charge in [0.2, 0.25) is 10.0 Å². The summed E-state index contributed by atoms with van der Waals surface area (Å²) in [6.45, 7) is 5.78. The second-order valence-electron chi connectivity index (χ2n) is 4.89. The Morgan fingerprint density at radius 3 is 2.48 bits per heavy atom. The van der Waals surface area contributed by atoms with E-state index >= 15 is 0 Å². The molecule has 0 radical (unpaired) electrons. The molecule has 2 N–H and O–H groups in total. The van der Waals surface area contributed by atoms with E-state index in [1.54, 1.807) is 18.2 Å². The summed E-state index contributed by atoms with van der Waals surface area (Å²) >= 11 is 0. The van der Waals surface area contributed by atoms with E-state index in [9.17, 15) is 8.42 Å². The second-order valence-corrected chi connectivity index (χ2v) is 6.60. The Morgan fingerprint density at radius 2 is 1.95 bits per heavy atom. The fourth-order valence-corrected chi connectivity index (χ4v) is 3.39. The summed E-state index contributed by atoms with van der Waals surface area (Å²) in [5.41, 5.74) is 1.60. The van der Waals surface area contributed by atoms with E-state index in [-0.39, 0.29) is 17.5 Å². The Hall–Kier alpha value is -1.35. The quantitative estimate of drug-likeness (QED) is 0.792. The van der Waals surface area contributed by atoms with E-state index in [0.29, 0.717) is 6.42 Å². The number of aryl methyl sites for hydroxylation is 1. The lowest BCUT2D eigenvalue weighted by Crippen LogP contribution is -2.33. The zero-order valence-corrected chi connectivity index (χ0v) is 13.6. The first kappa shape index (κ1) is 17.7. The third-order valence-electron chi connectivity index (χ3n) is 3.28. The topological polar surface area (TPSA) is 66.4 Å². The molecule has 0 unspecified atom stereocenters. The van der Waals surface area contributed by atoms with Crippen molar-refractivity contribution in [2.45, 2.75) is 51.0 Å². The van der Waals surface area contributed by atoms with Crippen molar-refractivity contribution in [1.29, 1.82) is 0 Å². The zero-order chi connectivity index (χ0) is 15.9. The lowest BCUT2D eigenvalue weighted by atomic mass is 10.1. The van der Waals surface area contributed by atoms with Crippen LogP contribution in [0.4, 0.5) is 0 Å². The molecule has 0 heterocycles. The van der Waals surface area contributed by atoms with Crippen LogP contribution in [0.3, 0.4) is 0 Å². The molecule has 0 aliphatic heterocycles. The van der Waals surface area contributed by atoms with Crippen LogP contribution in [0.1, 0.15) is 44.2 Å². The second kappa shape index (κ2) is 8.18. The van der Waals surface area contributed by atoms with Crippen molar-refractivity contribution in [2.75, 3.05) is 6.61 Å². The van der Waals surface area contributed by atoms with Gasteiger partial charge in [-0.1, -0.05) is 25.7 Å². The maximum absolute atomic E-state index is 12.3. The molecule has 0 spiro atoms. The van der Waals surface area contributed by atoms with Crippen molar-refractivity contribution < 1.29 is 13.5 Å². The number of rotatable bonds is 6. The van der Waals surface area contributed by atoms with Gasteiger partial charge in [0.05, 0.1) is 11.5 Å². The predicted molar refractivity (Wildman–Crippen MR) is 84.5 cm³/mol. The molecule has 4 nitrogen and oxygen atoms in total. The first-order valence-electron chi connectivity index (χ1n) is 7.17. The summed E-state index contributed by atoms with van der Waals surface area (Å²) in [6.07, 6.45) is 1.94. The lowest BCUT2D eigenvalue weighted by Gasteiger charge is -2.15. The van der Waals surface area contributed by atoms with Gasteiger partial charge in [-0.15, -0.1) is 0 Å². The number of aliphatic hydroxyl groups is 1. The molecule has 0 amide bonds. The summed E-state index contributed by atoms with van der Waals surface area (Å²) < 4.78 is 27.3. The Balaban J connectivity index is 3.00. The first-order chi connectivity index (χ1) is 9.94. The molecule has 21 heavy (non-hydrogen) atoms. The van der Waals surface area contributed by atoms with E-state index < -0.39 is 10.0 Å². The molecule has 0 fully saturated rings. The van der Waals surface area contributed by atoms with Gasteiger partial charge in [0, 0.05) is 18.0 Å². The van der Waals surface area contributed by atoms with Crippen molar-refractivity contribution in [3.63, 3.8) is 0 Å². The summed E-state index contributed by atoms with van der Waals surface area (Å²) in [7, 11) is -3.49. The first-order valence-corrected chi connectivity index (χ1v) is 8.65. The standard InChI is InChI=1S/C16H23NO3S/c1-4-15(5-2)17-21(19,20)16-10-9-14(13(3)12-16)8-6-7-11-18/h9-10,12,15,17-18H,4-5,7,11H2,1-3H3. The molecule has 0 bridgehead atoms. The number of benzene rings is 1. The van der Waals surface area contributed by atoms with Gasteiger partial charge in [0.15, 0.2) is 0 Å². The van der Waals surface area contributed by atoms with E-state index in [2.05, 4.69) is 16.6 Å². The minimum atomic E-state index is -3.49. The molecule has 0 atom stereocenters. The molecular weight excluding hydrogens is 286 g/mol. The molecule has 5 heteroatoms. The van der Waals surface area contributed by atoms with Crippen molar-refractivity contribution >= 4 is 10.0 Å². The van der Waals surface area contributed by atoms with E-state index in [0.717, 1.165) is 24.0 Å². The van der Waals surface area contributed by atoms with Crippen LogP contribution in [0.25, 0.3) is 0 Å². The molecule has 1 aromatic rings. The van der Waals surface area contributed by atoms with Crippen LogP contribution >= 0.6 is 0 Å². The van der Waals surface area contributed by atoms with Crippen LogP contribution in [0.2, 0.25) is 0 Å². The number of aliphatic hydroxyl groups excluding tert-OH is 1. The van der Waals surface area contributed by atoms with Crippen LogP contribution < -0.4 is 4.72 Å². The number of sulfonamides is 1. The molecule has 0 saturated heterocycles. The van der Waals surface area contributed by atoms with Gasteiger partial charge in [-0.05, 0) is 43.5 Å². The Morgan fingerprint density at radius 1 is 1.29 bits per heavy atom. The molecule has 116 valence electrons. The predicted octanol–water partition coefficient (Wildman–Crippen LogP) is 2.20. The van der Waals surface area contributed by atoms with Gasteiger partial charge >= 0.3 is 0 Å². The summed E-state index contributed by atoms with van der Waals surface area (Å²) in [6, 6.07) is 4.87. The number of nitrogens with one attached hydrogen (secondary N) is 1. The Labute approximate surface area is 127 Å². The molecule has 1 aromatic carbocycles. The highest BCUT2D eigenvalue weighted by Gasteiger charge is 2.18. The van der Waals surface area contributed by atoms with Crippen LogP contribution in [-0.2, 0) is 10.0 Å². The zero-order valence-electron chi connectivity index (χ0n) is 12.8. The lowest BCUT2D eigenvalue weighted by molar-refractivity contribution is 0.305. The van der Waals surface area contributed by atoms with Gasteiger partial charge in [-0.2, -0.15) is 0 Å². The van der Waals surface area contributed by atoms with Crippen LogP contribution in [-0.4, -0.2) is 26.2 Å². The minimum absolute atomic E-state index is 0.0256. The van der Waals surface area contributed by atoms with Gasteiger partial charge in [0.1, 0.15) is 0 Å². The Bertz CT molecular complexity index is 623. The van der Waals surface area contributed by atoms with E-state index in [1.165, 1.54) is 0 Å². The van der Waals surface area contributed by atoms with Crippen molar-refractivity contribution in [2.24, 2.45) is 0 Å². The van der Waals surface area contributed by atoms with E-state index in [1.807, 2.05) is 20.8 Å². The highest BCUT2D eigenvalue weighted by Crippen LogP contribution is 2.16. The van der Waals surface area contributed by atoms with Crippen LogP contribution in [0.15, 0.2) is 23.1 Å². The largest absolute Gasteiger partial charge is 0.395 e. The molecular formula is C16H23NO3S. The molecule has 1 rings (SSSR count). The number of hydrogen-bond donors (Lipinski definition) is 2. The average Bonchev–Trinajstić information content (AvgIpc) is 2.46. The third-order valence-corrected chi connectivity index (χ3v) is 4.79. The van der Waals surface area contributed by atoms with Gasteiger partial charge in [-0.3, -0.25) is 0 Å². The average molecular weight is 309 g/mol. The monoisotopic (exact) mass is 309 g/mol. The molecule has 0 aliphatic rings.